The van der Waals surface area contributed by atoms with Gasteiger partial charge in [-0.25, -0.2) is 15.0 Å². The number of imidazole rings is 1. The molecule has 0 spiro atoms. The lowest BCUT2D eigenvalue weighted by molar-refractivity contribution is 0.0817. The van der Waals surface area contributed by atoms with Crippen molar-refractivity contribution in [1.29, 1.82) is 0 Å². The van der Waals surface area contributed by atoms with E-state index in [1.165, 1.54) is 0 Å². The predicted molar refractivity (Wildman–Crippen MR) is 119 cm³/mol. The molecule has 1 saturated heterocycles. The molecule has 0 amide bonds. The Balaban J connectivity index is 1.53. The number of rotatable bonds is 4. The molecular formula is C21H23N9OS. The first-order valence-electron chi connectivity index (χ1n) is 10.8. The summed E-state index contributed by atoms with van der Waals surface area (Å²) in [6.07, 6.45) is 10.1. The Bertz CT molecular complexity index is 1240. The summed E-state index contributed by atoms with van der Waals surface area (Å²) < 4.78 is 9.65. The van der Waals surface area contributed by atoms with Crippen LogP contribution in [-0.4, -0.2) is 58.5 Å². The SMILES string of the molecule is CC[C@@H]1c2nnc(C)n2-c2cnc(-n3ccnc3-c3nccs3)nc2N1C1CCOCC1. The van der Waals surface area contributed by atoms with Crippen molar-refractivity contribution in [3.05, 3.63) is 41.8 Å². The number of anilines is 1. The fourth-order valence-electron chi connectivity index (χ4n) is 4.71. The van der Waals surface area contributed by atoms with Crippen LogP contribution in [-0.2, 0) is 4.74 Å². The number of thiazole rings is 1. The fraction of sp³-hybridized carbons (Fsp3) is 0.429. The molecule has 11 heteroatoms. The molecule has 2 aliphatic heterocycles. The monoisotopic (exact) mass is 449 g/mol. The molecule has 0 saturated carbocycles. The van der Waals surface area contributed by atoms with Gasteiger partial charge in [0.2, 0.25) is 5.95 Å². The van der Waals surface area contributed by atoms with E-state index in [0.717, 1.165) is 66.5 Å². The van der Waals surface area contributed by atoms with Gasteiger partial charge < -0.3 is 9.64 Å². The van der Waals surface area contributed by atoms with E-state index in [1.54, 1.807) is 23.7 Å². The maximum atomic E-state index is 5.65. The van der Waals surface area contributed by atoms with Gasteiger partial charge in [0.05, 0.1) is 12.2 Å². The molecule has 0 unspecified atom stereocenters. The van der Waals surface area contributed by atoms with Gasteiger partial charge in [-0.05, 0) is 26.2 Å². The molecule has 0 aliphatic carbocycles. The second-order valence-corrected chi connectivity index (χ2v) is 8.85. The smallest absolute Gasteiger partial charge is 0.237 e. The third-order valence-corrected chi connectivity index (χ3v) is 6.93. The van der Waals surface area contributed by atoms with Crippen LogP contribution in [0, 0.1) is 6.92 Å². The minimum absolute atomic E-state index is 0.0933. The minimum atomic E-state index is 0.0933. The van der Waals surface area contributed by atoms with E-state index in [2.05, 4.69) is 36.6 Å². The first kappa shape index (κ1) is 19.5. The van der Waals surface area contributed by atoms with Gasteiger partial charge in [0, 0.05) is 43.2 Å². The lowest BCUT2D eigenvalue weighted by Gasteiger charge is -2.43. The normalized spacial score (nSPS) is 18.6. The van der Waals surface area contributed by atoms with Crippen LogP contribution in [0.4, 0.5) is 5.82 Å². The summed E-state index contributed by atoms with van der Waals surface area (Å²) in [6.45, 7) is 5.68. The molecule has 4 aromatic heterocycles. The van der Waals surface area contributed by atoms with Gasteiger partial charge in [-0.15, -0.1) is 21.5 Å². The van der Waals surface area contributed by atoms with Crippen molar-refractivity contribution in [2.75, 3.05) is 18.1 Å². The number of ether oxygens (including phenoxy) is 1. The molecule has 0 N–H and O–H groups in total. The third-order valence-electron chi connectivity index (χ3n) is 6.16. The Hall–Kier alpha value is -3.18. The number of fused-ring (bicyclic) bond motifs is 3. The summed E-state index contributed by atoms with van der Waals surface area (Å²) in [5.41, 5.74) is 0.915. The van der Waals surface area contributed by atoms with Gasteiger partial charge in [-0.2, -0.15) is 4.98 Å². The Morgan fingerprint density at radius 3 is 2.78 bits per heavy atom. The molecule has 0 bridgehead atoms. The molecule has 1 fully saturated rings. The van der Waals surface area contributed by atoms with Crippen LogP contribution in [0.25, 0.3) is 22.5 Å². The number of nitrogens with zero attached hydrogens (tertiary/aromatic N) is 9. The molecule has 6 heterocycles. The van der Waals surface area contributed by atoms with Crippen molar-refractivity contribution in [2.45, 2.75) is 45.2 Å². The molecule has 2 aliphatic rings. The topological polar surface area (TPSA) is 99.7 Å². The van der Waals surface area contributed by atoms with Crippen LogP contribution in [0.2, 0.25) is 0 Å². The molecule has 4 aromatic rings. The molecule has 10 nitrogen and oxygen atoms in total. The summed E-state index contributed by atoms with van der Waals surface area (Å²) in [4.78, 5) is 21.2. The summed E-state index contributed by atoms with van der Waals surface area (Å²) >= 11 is 1.54. The zero-order valence-corrected chi connectivity index (χ0v) is 18.7. The average Bonchev–Trinajstić information content (AvgIpc) is 3.59. The van der Waals surface area contributed by atoms with Crippen LogP contribution >= 0.6 is 11.3 Å². The molecule has 32 heavy (non-hydrogen) atoms. The quantitative estimate of drug-likeness (QED) is 0.469. The molecule has 164 valence electrons. The van der Waals surface area contributed by atoms with Crippen molar-refractivity contribution >= 4 is 17.2 Å². The Morgan fingerprint density at radius 2 is 2.00 bits per heavy atom. The van der Waals surface area contributed by atoms with Gasteiger partial charge in [-0.1, -0.05) is 6.92 Å². The van der Waals surface area contributed by atoms with Gasteiger partial charge in [-0.3, -0.25) is 9.13 Å². The van der Waals surface area contributed by atoms with Crippen LogP contribution in [0.15, 0.2) is 30.2 Å². The number of aryl methyl sites for hydroxylation is 1. The lowest BCUT2D eigenvalue weighted by Crippen LogP contribution is -2.45. The summed E-state index contributed by atoms with van der Waals surface area (Å²) in [6, 6.07) is 0.415. The van der Waals surface area contributed by atoms with Crippen LogP contribution < -0.4 is 4.90 Å². The Morgan fingerprint density at radius 1 is 1.12 bits per heavy atom. The van der Waals surface area contributed by atoms with Gasteiger partial charge in [0.1, 0.15) is 11.5 Å². The van der Waals surface area contributed by atoms with E-state index in [-0.39, 0.29) is 6.04 Å². The average molecular weight is 450 g/mol. The third kappa shape index (κ3) is 2.95. The van der Waals surface area contributed by atoms with E-state index >= 15 is 0 Å². The highest BCUT2D eigenvalue weighted by molar-refractivity contribution is 7.13. The molecule has 1 atom stereocenters. The highest BCUT2D eigenvalue weighted by Crippen LogP contribution is 2.42. The highest BCUT2D eigenvalue weighted by Gasteiger charge is 2.39. The van der Waals surface area contributed by atoms with Crippen molar-refractivity contribution < 1.29 is 4.74 Å². The molecule has 0 aromatic carbocycles. The van der Waals surface area contributed by atoms with E-state index in [1.807, 2.05) is 29.3 Å². The van der Waals surface area contributed by atoms with Gasteiger partial charge >= 0.3 is 0 Å². The van der Waals surface area contributed by atoms with Gasteiger partial charge in [0.15, 0.2) is 22.5 Å². The van der Waals surface area contributed by atoms with Crippen molar-refractivity contribution in [1.82, 2.24) is 39.3 Å². The van der Waals surface area contributed by atoms with Crippen LogP contribution in [0.1, 0.15) is 43.9 Å². The maximum Gasteiger partial charge on any atom is 0.237 e. The van der Waals surface area contributed by atoms with Crippen molar-refractivity contribution in [2.24, 2.45) is 0 Å². The van der Waals surface area contributed by atoms with E-state index in [0.29, 0.717) is 12.0 Å². The summed E-state index contributed by atoms with van der Waals surface area (Å²) in [7, 11) is 0. The zero-order valence-electron chi connectivity index (χ0n) is 17.9. The van der Waals surface area contributed by atoms with E-state index in [4.69, 9.17) is 14.7 Å². The highest BCUT2D eigenvalue weighted by atomic mass is 32.1. The summed E-state index contributed by atoms with van der Waals surface area (Å²) in [5, 5.41) is 11.7. The molecular weight excluding hydrogens is 426 g/mol. The second kappa shape index (κ2) is 7.75. The first-order chi connectivity index (χ1) is 15.8. The number of aromatic nitrogens is 8. The zero-order chi connectivity index (χ0) is 21.7. The van der Waals surface area contributed by atoms with Crippen molar-refractivity contribution in [3.63, 3.8) is 0 Å². The van der Waals surface area contributed by atoms with E-state index in [9.17, 15) is 0 Å². The van der Waals surface area contributed by atoms with E-state index < -0.39 is 0 Å². The Kier molecular flexibility index (Phi) is 4.72. The molecule has 0 radical (unpaired) electrons. The largest absolute Gasteiger partial charge is 0.381 e. The first-order valence-corrected chi connectivity index (χ1v) is 11.7. The lowest BCUT2D eigenvalue weighted by atomic mass is 10.0. The summed E-state index contributed by atoms with van der Waals surface area (Å²) in [5.74, 6) is 4.01. The Labute approximate surface area is 189 Å². The number of hydrogen-bond donors (Lipinski definition) is 0. The molecule has 6 rings (SSSR count). The minimum Gasteiger partial charge on any atom is -0.381 e. The van der Waals surface area contributed by atoms with Crippen molar-refractivity contribution in [3.8, 4) is 22.5 Å². The second-order valence-electron chi connectivity index (χ2n) is 7.95. The maximum absolute atomic E-state index is 5.65. The van der Waals surface area contributed by atoms with Crippen LogP contribution in [0.5, 0.6) is 0 Å². The van der Waals surface area contributed by atoms with Crippen LogP contribution in [0.3, 0.4) is 0 Å². The fourth-order valence-corrected chi connectivity index (χ4v) is 5.34. The number of hydrogen-bond acceptors (Lipinski definition) is 9. The standard InChI is InChI=1S/C21H23N9OS/c1-3-15-18-27-26-13(2)29(18)16-12-24-21(25-17(16)30(15)14-4-9-31-10-5-14)28-8-6-22-19(28)20-23-7-11-32-20/h6-8,11-12,14-15H,3-5,9-10H2,1-2H3/t15-/m1/s1. The predicted octanol–water partition coefficient (Wildman–Crippen LogP) is 3.13. The van der Waals surface area contributed by atoms with Gasteiger partial charge in [0.25, 0.3) is 0 Å².